The van der Waals surface area contributed by atoms with Crippen molar-refractivity contribution in [2.75, 3.05) is 7.11 Å². The van der Waals surface area contributed by atoms with E-state index in [1.54, 1.807) is 0 Å². The van der Waals surface area contributed by atoms with Gasteiger partial charge in [-0.15, -0.1) is 0 Å². The van der Waals surface area contributed by atoms with Gasteiger partial charge < -0.3 is 9.30 Å². The Balaban J connectivity index is 2.46. The summed E-state index contributed by atoms with van der Waals surface area (Å²) in [6.07, 6.45) is 3.37. The summed E-state index contributed by atoms with van der Waals surface area (Å²) in [5.41, 5.74) is 1.88. The predicted octanol–water partition coefficient (Wildman–Crippen LogP) is 2.37. The third-order valence-corrected chi connectivity index (χ3v) is 3.28. The summed E-state index contributed by atoms with van der Waals surface area (Å²) in [5.74, 6) is -0.251. The van der Waals surface area contributed by atoms with Gasteiger partial charge >= 0.3 is 5.97 Å². The van der Waals surface area contributed by atoms with Gasteiger partial charge in [-0.1, -0.05) is 0 Å². The Morgan fingerprint density at radius 3 is 3.07 bits per heavy atom. The summed E-state index contributed by atoms with van der Waals surface area (Å²) in [5, 5.41) is 0. The number of ether oxygens (including phenoxy) is 1. The summed E-state index contributed by atoms with van der Waals surface area (Å²) in [4.78, 5) is 11.4. The van der Waals surface area contributed by atoms with Crippen LogP contribution in [-0.4, -0.2) is 17.6 Å². The highest BCUT2D eigenvalue weighted by Gasteiger charge is 2.21. The van der Waals surface area contributed by atoms with Crippen LogP contribution in [0.2, 0.25) is 0 Å². The molecule has 0 amide bonds. The summed E-state index contributed by atoms with van der Waals surface area (Å²) in [6.45, 7) is 0.922. The van der Waals surface area contributed by atoms with Crippen molar-refractivity contribution in [2.45, 2.75) is 25.8 Å². The van der Waals surface area contributed by atoms with Gasteiger partial charge in [-0.05, 0) is 41.3 Å². The molecule has 0 fully saturated rings. The van der Waals surface area contributed by atoms with Crippen molar-refractivity contribution in [3.8, 4) is 0 Å². The molecule has 1 aliphatic heterocycles. The Bertz CT molecular complexity index is 370. The lowest BCUT2D eigenvalue weighted by atomic mass is 10.1. The molecule has 1 aliphatic rings. The van der Waals surface area contributed by atoms with Gasteiger partial charge in [0.05, 0.1) is 7.11 Å². The molecule has 0 unspecified atom stereocenters. The molecule has 2 rings (SSSR count). The van der Waals surface area contributed by atoms with Crippen LogP contribution >= 0.6 is 15.9 Å². The first kappa shape index (κ1) is 9.77. The Morgan fingerprint density at radius 2 is 2.36 bits per heavy atom. The number of halogens is 1. The molecule has 0 saturated carbocycles. The van der Waals surface area contributed by atoms with Crippen LogP contribution in [0.3, 0.4) is 0 Å². The summed E-state index contributed by atoms with van der Waals surface area (Å²) in [6, 6.07) is 1.85. The van der Waals surface area contributed by atoms with Crippen LogP contribution in [-0.2, 0) is 17.7 Å². The van der Waals surface area contributed by atoms with Crippen molar-refractivity contribution in [1.29, 1.82) is 0 Å². The first-order valence-electron chi connectivity index (χ1n) is 4.70. The Morgan fingerprint density at radius 1 is 1.57 bits per heavy atom. The molecule has 14 heavy (non-hydrogen) atoms. The third-order valence-electron chi connectivity index (χ3n) is 2.60. The highest BCUT2D eigenvalue weighted by molar-refractivity contribution is 9.10. The van der Waals surface area contributed by atoms with Crippen molar-refractivity contribution >= 4 is 21.9 Å². The van der Waals surface area contributed by atoms with E-state index in [9.17, 15) is 4.79 Å². The van der Waals surface area contributed by atoms with Gasteiger partial charge in [0, 0.05) is 16.7 Å². The second-order valence-electron chi connectivity index (χ2n) is 3.42. The molecule has 0 aromatic carbocycles. The summed E-state index contributed by atoms with van der Waals surface area (Å²) in [7, 11) is 1.42. The van der Waals surface area contributed by atoms with E-state index in [1.165, 1.54) is 19.2 Å². The first-order valence-corrected chi connectivity index (χ1v) is 5.49. The molecule has 0 N–H and O–H groups in total. The van der Waals surface area contributed by atoms with Crippen LogP contribution < -0.4 is 0 Å². The fraction of sp³-hybridized carbons (Fsp3) is 0.500. The van der Waals surface area contributed by atoms with Gasteiger partial charge in [-0.25, -0.2) is 4.79 Å². The topological polar surface area (TPSA) is 31.2 Å². The normalized spacial score (nSPS) is 15.0. The fourth-order valence-corrected chi connectivity index (χ4v) is 2.53. The number of esters is 1. The molecule has 0 atom stereocenters. The van der Waals surface area contributed by atoms with Gasteiger partial charge in [0.25, 0.3) is 0 Å². The van der Waals surface area contributed by atoms with Crippen LogP contribution in [0.4, 0.5) is 0 Å². The number of carbonyl (C=O) groups is 1. The lowest BCUT2D eigenvalue weighted by Gasteiger charge is -2.17. The average Bonchev–Trinajstić information content (AvgIpc) is 2.56. The van der Waals surface area contributed by atoms with E-state index in [0.717, 1.165) is 23.9 Å². The number of methoxy groups -OCH3 is 1. The molecule has 1 aromatic heterocycles. The van der Waals surface area contributed by atoms with E-state index < -0.39 is 0 Å². The zero-order chi connectivity index (χ0) is 10.1. The highest BCUT2D eigenvalue weighted by Crippen LogP contribution is 2.27. The molecule has 0 saturated heterocycles. The molecule has 0 spiro atoms. The molecular formula is C10H12BrNO2. The van der Waals surface area contributed by atoms with Crippen molar-refractivity contribution in [3.63, 3.8) is 0 Å². The van der Waals surface area contributed by atoms with E-state index in [4.69, 9.17) is 4.74 Å². The minimum atomic E-state index is -0.251. The molecule has 76 valence electrons. The maximum absolute atomic E-state index is 11.4. The van der Waals surface area contributed by atoms with Crippen molar-refractivity contribution in [1.82, 2.24) is 4.57 Å². The van der Waals surface area contributed by atoms with Gasteiger partial charge in [0.15, 0.2) is 0 Å². The number of carbonyl (C=O) groups excluding carboxylic acids is 1. The molecule has 2 heterocycles. The van der Waals surface area contributed by atoms with E-state index in [1.807, 2.05) is 6.07 Å². The lowest BCUT2D eigenvalue weighted by molar-refractivity contribution is 0.0587. The predicted molar refractivity (Wildman–Crippen MR) is 56.4 cm³/mol. The lowest BCUT2D eigenvalue weighted by Crippen LogP contribution is -2.16. The number of hydrogen-bond donors (Lipinski definition) is 0. The Hall–Kier alpha value is -0.770. The van der Waals surface area contributed by atoms with E-state index in [2.05, 4.69) is 20.5 Å². The number of rotatable bonds is 1. The number of aromatic nitrogens is 1. The molecular weight excluding hydrogens is 246 g/mol. The van der Waals surface area contributed by atoms with Crippen LogP contribution in [0.15, 0.2) is 10.5 Å². The van der Waals surface area contributed by atoms with Gasteiger partial charge in [0.2, 0.25) is 0 Å². The second-order valence-corrected chi connectivity index (χ2v) is 4.28. The zero-order valence-corrected chi connectivity index (χ0v) is 9.63. The number of nitrogens with zero attached hydrogens (tertiary/aromatic N) is 1. The molecule has 0 bridgehead atoms. The van der Waals surface area contributed by atoms with Crippen LogP contribution in [0.5, 0.6) is 0 Å². The van der Waals surface area contributed by atoms with E-state index in [0.29, 0.717) is 5.69 Å². The minimum absolute atomic E-state index is 0.251. The largest absolute Gasteiger partial charge is 0.464 e. The van der Waals surface area contributed by atoms with E-state index in [-0.39, 0.29) is 5.97 Å². The second kappa shape index (κ2) is 3.77. The SMILES string of the molecule is COC(=O)c1cc(Br)c2n1CCCC2. The van der Waals surface area contributed by atoms with Crippen LogP contribution in [0.1, 0.15) is 29.0 Å². The first-order chi connectivity index (χ1) is 6.74. The van der Waals surface area contributed by atoms with Crippen LogP contribution in [0, 0.1) is 0 Å². The van der Waals surface area contributed by atoms with Crippen molar-refractivity contribution < 1.29 is 9.53 Å². The van der Waals surface area contributed by atoms with Gasteiger partial charge in [-0.3, -0.25) is 0 Å². The molecule has 0 radical (unpaired) electrons. The Kier molecular flexibility index (Phi) is 2.63. The van der Waals surface area contributed by atoms with Crippen molar-refractivity contribution in [2.24, 2.45) is 0 Å². The molecule has 0 aliphatic carbocycles. The fourth-order valence-electron chi connectivity index (χ4n) is 1.90. The maximum atomic E-state index is 11.4. The molecule has 1 aromatic rings. The average molecular weight is 258 g/mol. The summed E-state index contributed by atoms with van der Waals surface area (Å²) >= 11 is 3.47. The maximum Gasteiger partial charge on any atom is 0.354 e. The molecule has 4 heteroatoms. The smallest absolute Gasteiger partial charge is 0.354 e. The van der Waals surface area contributed by atoms with E-state index >= 15 is 0 Å². The third kappa shape index (κ3) is 1.47. The van der Waals surface area contributed by atoms with Crippen LogP contribution in [0.25, 0.3) is 0 Å². The minimum Gasteiger partial charge on any atom is -0.464 e. The van der Waals surface area contributed by atoms with Gasteiger partial charge in [0.1, 0.15) is 5.69 Å². The standard InChI is InChI=1S/C10H12BrNO2/c1-14-10(13)9-6-7(11)8-4-2-3-5-12(8)9/h6H,2-5H2,1H3. The monoisotopic (exact) mass is 257 g/mol. The zero-order valence-electron chi connectivity index (χ0n) is 8.05. The molecule has 3 nitrogen and oxygen atoms in total. The number of hydrogen-bond acceptors (Lipinski definition) is 2. The van der Waals surface area contributed by atoms with Crippen molar-refractivity contribution in [3.05, 3.63) is 21.9 Å². The highest BCUT2D eigenvalue weighted by atomic mass is 79.9. The number of fused-ring (bicyclic) bond motifs is 1. The Labute approximate surface area is 91.2 Å². The quantitative estimate of drug-likeness (QED) is 0.724. The summed E-state index contributed by atoms with van der Waals surface area (Å²) < 4.78 is 7.82. The van der Waals surface area contributed by atoms with Gasteiger partial charge in [-0.2, -0.15) is 0 Å².